The number of benzene rings is 3. The number of carbonyl (C=O) groups is 1. The van der Waals surface area contributed by atoms with Crippen LogP contribution >= 0.6 is 0 Å². The molecule has 0 aromatic heterocycles. The highest BCUT2D eigenvalue weighted by Gasteiger charge is 2.11. The summed E-state index contributed by atoms with van der Waals surface area (Å²) in [5.74, 6) is -0.966. The number of aliphatic hydroxyl groups excluding tert-OH is 1. The second-order valence-corrected chi connectivity index (χ2v) is 5.79. The van der Waals surface area contributed by atoms with E-state index in [4.69, 9.17) is 0 Å². The lowest BCUT2D eigenvalue weighted by Crippen LogP contribution is -1.98. The van der Waals surface area contributed by atoms with E-state index in [9.17, 15) is 15.0 Å². The van der Waals surface area contributed by atoms with Crippen LogP contribution in [-0.4, -0.2) is 16.2 Å². The van der Waals surface area contributed by atoms with E-state index >= 15 is 0 Å². The fourth-order valence-corrected chi connectivity index (χ4v) is 2.76. The van der Waals surface area contributed by atoms with Gasteiger partial charge in [-0.3, -0.25) is 0 Å². The van der Waals surface area contributed by atoms with Crippen LogP contribution in [0, 0.1) is 6.92 Å². The summed E-state index contributed by atoms with van der Waals surface area (Å²) in [5, 5.41) is 19.0. The molecule has 0 bridgehead atoms. The van der Waals surface area contributed by atoms with E-state index in [-0.39, 0.29) is 12.2 Å². The molecule has 3 aromatic carbocycles. The quantitative estimate of drug-likeness (QED) is 0.743. The van der Waals surface area contributed by atoms with E-state index < -0.39 is 5.97 Å². The predicted molar refractivity (Wildman–Crippen MR) is 94.9 cm³/mol. The summed E-state index contributed by atoms with van der Waals surface area (Å²) in [6.45, 7) is 1.92. The first kappa shape index (κ1) is 16.0. The van der Waals surface area contributed by atoms with E-state index in [1.807, 2.05) is 61.5 Å². The van der Waals surface area contributed by atoms with Crippen LogP contribution < -0.4 is 0 Å². The summed E-state index contributed by atoms with van der Waals surface area (Å²) in [4.78, 5) is 11.5. The second kappa shape index (κ2) is 6.69. The van der Waals surface area contributed by atoms with Crippen LogP contribution in [0.2, 0.25) is 0 Å². The third-order valence-electron chi connectivity index (χ3n) is 4.06. The van der Waals surface area contributed by atoms with E-state index in [0.29, 0.717) is 0 Å². The molecule has 0 aliphatic rings. The predicted octanol–water partition coefficient (Wildman–Crippen LogP) is 4.52. The van der Waals surface area contributed by atoms with Crippen LogP contribution in [0.1, 0.15) is 21.5 Å². The summed E-state index contributed by atoms with van der Waals surface area (Å²) in [5.41, 5.74) is 5.60. The van der Waals surface area contributed by atoms with Crippen molar-refractivity contribution in [2.75, 3.05) is 0 Å². The minimum atomic E-state index is -0.966. The van der Waals surface area contributed by atoms with Crippen LogP contribution in [0.4, 0.5) is 0 Å². The lowest BCUT2D eigenvalue weighted by atomic mass is 9.93. The molecule has 3 aromatic rings. The van der Waals surface area contributed by atoms with Gasteiger partial charge in [0.05, 0.1) is 12.2 Å². The molecule has 3 nitrogen and oxygen atoms in total. The number of hydrogen-bond acceptors (Lipinski definition) is 2. The molecule has 0 amide bonds. The third kappa shape index (κ3) is 3.21. The Morgan fingerprint density at radius 3 is 2.21 bits per heavy atom. The van der Waals surface area contributed by atoms with Crippen molar-refractivity contribution in [2.45, 2.75) is 13.5 Å². The van der Waals surface area contributed by atoms with Crippen molar-refractivity contribution >= 4 is 5.97 Å². The maximum atomic E-state index is 11.5. The van der Waals surface area contributed by atoms with E-state index in [1.165, 1.54) is 0 Å². The monoisotopic (exact) mass is 318 g/mol. The lowest BCUT2D eigenvalue weighted by Gasteiger charge is -2.11. The van der Waals surface area contributed by atoms with Crippen molar-refractivity contribution in [3.63, 3.8) is 0 Å². The molecule has 0 saturated carbocycles. The lowest BCUT2D eigenvalue weighted by molar-refractivity contribution is 0.0697. The Kier molecular flexibility index (Phi) is 4.45. The minimum absolute atomic E-state index is 0.0899. The van der Waals surface area contributed by atoms with Gasteiger partial charge in [-0.25, -0.2) is 4.79 Å². The number of rotatable bonds is 4. The summed E-state index contributed by atoms with van der Waals surface area (Å²) in [6, 6.07) is 20.7. The average molecular weight is 318 g/mol. The normalized spacial score (nSPS) is 10.6. The van der Waals surface area contributed by atoms with Crippen LogP contribution in [0.25, 0.3) is 22.3 Å². The first-order chi connectivity index (χ1) is 11.6. The van der Waals surface area contributed by atoms with Crippen molar-refractivity contribution in [3.05, 3.63) is 83.4 Å². The highest BCUT2D eigenvalue weighted by atomic mass is 16.4. The summed E-state index contributed by atoms with van der Waals surface area (Å²) in [7, 11) is 0. The number of aryl methyl sites for hydroxylation is 1. The minimum Gasteiger partial charge on any atom is -0.478 e. The Hall–Kier alpha value is -2.91. The molecule has 0 radical (unpaired) electrons. The molecule has 120 valence electrons. The number of carboxylic acid groups (broad SMARTS) is 1. The highest BCUT2D eigenvalue weighted by Crippen LogP contribution is 2.30. The van der Waals surface area contributed by atoms with Crippen molar-refractivity contribution in [1.82, 2.24) is 0 Å². The number of aromatic carboxylic acids is 1. The Morgan fingerprint density at radius 2 is 1.54 bits per heavy atom. The number of aliphatic hydroxyl groups is 1. The number of hydrogen-bond donors (Lipinski definition) is 2. The molecular formula is C21H18O3. The largest absolute Gasteiger partial charge is 0.478 e. The first-order valence-electron chi connectivity index (χ1n) is 7.73. The summed E-state index contributed by atoms with van der Waals surface area (Å²) < 4.78 is 0. The van der Waals surface area contributed by atoms with Gasteiger partial charge in [-0.05, 0) is 52.9 Å². The molecule has 3 rings (SSSR count). The van der Waals surface area contributed by atoms with Gasteiger partial charge in [0, 0.05) is 0 Å². The van der Waals surface area contributed by atoms with Crippen LogP contribution in [0.15, 0.2) is 66.7 Å². The van der Waals surface area contributed by atoms with Gasteiger partial charge in [-0.1, -0.05) is 54.1 Å². The Labute approximate surface area is 140 Å². The molecule has 0 heterocycles. The molecule has 0 fully saturated rings. The smallest absolute Gasteiger partial charge is 0.335 e. The van der Waals surface area contributed by atoms with Gasteiger partial charge in [0.25, 0.3) is 0 Å². The molecular weight excluding hydrogens is 300 g/mol. The average Bonchev–Trinajstić information content (AvgIpc) is 2.61. The van der Waals surface area contributed by atoms with Crippen LogP contribution in [0.5, 0.6) is 0 Å². The molecule has 0 aliphatic carbocycles. The fourth-order valence-electron chi connectivity index (χ4n) is 2.76. The zero-order valence-corrected chi connectivity index (χ0v) is 13.4. The summed E-state index contributed by atoms with van der Waals surface area (Å²) >= 11 is 0. The highest BCUT2D eigenvalue weighted by molar-refractivity contribution is 5.92. The number of carboxylic acids is 1. The zero-order chi connectivity index (χ0) is 17.1. The van der Waals surface area contributed by atoms with Gasteiger partial charge < -0.3 is 10.2 Å². The molecule has 0 unspecified atom stereocenters. The Bertz CT molecular complexity index is 880. The standard InChI is InChI=1S/C21H18O3/c1-14-6-8-15(9-7-14)17-10-18(12-19(11-17)21(23)24)20-5-3-2-4-16(20)13-22/h2-12,22H,13H2,1H3,(H,23,24). The summed E-state index contributed by atoms with van der Waals surface area (Å²) in [6.07, 6.45) is 0. The van der Waals surface area contributed by atoms with E-state index in [2.05, 4.69) is 0 Å². The molecule has 0 aliphatic heterocycles. The Morgan fingerprint density at radius 1 is 0.875 bits per heavy atom. The van der Waals surface area contributed by atoms with Gasteiger partial charge in [0.15, 0.2) is 0 Å². The van der Waals surface area contributed by atoms with Gasteiger partial charge in [0.1, 0.15) is 0 Å². The SMILES string of the molecule is Cc1ccc(-c2cc(C(=O)O)cc(-c3ccccc3CO)c2)cc1. The molecule has 24 heavy (non-hydrogen) atoms. The van der Waals surface area contributed by atoms with E-state index in [1.54, 1.807) is 12.1 Å². The van der Waals surface area contributed by atoms with Gasteiger partial charge in [-0.2, -0.15) is 0 Å². The fraction of sp³-hybridized carbons (Fsp3) is 0.0952. The first-order valence-corrected chi connectivity index (χ1v) is 7.73. The van der Waals surface area contributed by atoms with Crippen molar-refractivity contribution < 1.29 is 15.0 Å². The third-order valence-corrected chi connectivity index (χ3v) is 4.06. The van der Waals surface area contributed by atoms with Crippen LogP contribution in [0.3, 0.4) is 0 Å². The van der Waals surface area contributed by atoms with Gasteiger partial charge in [0.2, 0.25) is 0 Å². The topological polar surface area (TPSA) is 57.5 Å². The van der Waals surface area contributed by atoms with E-state index in [0.717, 1.165) is 33.4 Å². The van der Waals surface area contributed by atoms with Gasteiger partial charge >= 0.3 is 5.97 Å². The second-order valence-electron chi connectivity index (χ2n) is 5.79. The molecule has 2 N–H and O–H groups in total. The molecule has 0 atom stereocenters. The van der Waals surface area contributed by atoms with Crippen molar-refractivity contribution in [2.24, 2.45) is 0 Å². The van der Waals surface area contributed by atoms with Crippen LogP contribution in [-0.2, 0) is 6.61 Å². The zero-order valence-electron chi connectivity index (χ0n) is 13.4. The van der Waals surface area contributed by atoms with Gasteiger partial charge in [-0.15, -0.1) is 0 Å². The molecule has 0 spiro atoms. The van der Waals surface area contributed by atoms with Crippen molar-refractivity contribution in [3.8, 4) is 22.3 Å². The maximum Gasteiger partial charge on any atom is 0.335 e. The maximum absolute atomic E-state index is 11.5. The van der Waals surface area contributed by atoms with Crippen molar-refractivity contribution in [1.29, 1.82) is 0 Å². The Balaban J connectivity index is 2.20. The molecule has 0 saturated heterocycles. The molecule has 3 heteroatoms.